The molecule has 2 rings (SSSR count). The summed E-state index contributed by atoms with van der Waals surface area (Å²) in [4.78, 5) is 32.8. The van der Waals surface area contributed by atoms with E-state index in [1.165, 1.54) is 18.9 Å². The van der Waals surface area contributed by atoms with Crippen LogP contribution in [0.1, 0.15) is 36.5 Å². The summed E-state index contributed by atoms with van der Waals surface area (Å²) in [5.74, 6) is 1.29. The van der Waals surface area contributed by atoms with Gasteiger partial charge in [-0.3, -0.25) is 9.59 Å². The molecule has 0 spiro atoms. The molecule has 0 aromatic carbocycles. The number of carbonyl (C=O) groups is 1. The van der Waals surface area contributed by atoms with Gasteiger partial charge in [-0.25, -0.2) is 4.98 Å². The van der Waals surface area contributed by atoms with Crippen LogP contribution in [-0.4, -0.2) is 58.5 Å². The summed E-state index contributed by atoms with van der Waals surface area (Å²) in [6.45, 7) is 5.13. The minimum Gasteiger partial charge on any atom is -0.347 e. The smallest absolute Gasteiger partial charge is 0.263 e. The molecule has 0 bridgehead atoms. The molecule has 128 valence electrons. The summed E-state index contributed by atoms with van der Waals surface area (Å²) in [6.07, 6.45) is 8.11. The van der Waals surface area contributed by atoms with Crippen molar-refractivity contribution in [3.05, 3.63) is 28.4 Å². The van der Waals surface area contributed by atoms with Gasteiger partial charge < -0.3 is 15.2 Å². The lowest BCUT2D eigenvalue weighted by Crippen LogP contribution is -2.42. The van der Waals surface area contributed by atoms with Crippen LogP contribution in [0.3, 0.4) is 0 Å². The lowest BCUT2D eigenvalue weighted by atomic mass is 9.98. The number of rotatable bonds is 8. The number of amides is 1. The van der Waals surface area contributed by atoms with Gasteiger partial charge in [0.1, 0.15) is 5.56 Å². The molecule has 6 nitrogen and oxygen atoms in total. The van der Waals surface area contributed by atoms with Gasteiger partial charge in [0.25, 0.3) is 11.5 Å². The van der Waals surface area contributed by atoms with E-state index in [1.54, 1.807) is 0 Å². The molecule has 23 heavy (non-hydrogen) atoms. The highest BCUT2D eigenvalue weighted by molar-refractivity contribution is 7.98. The molecule has 0 aliphatic carbocycles. The standard InChI is InChI=1S/C16H26N4O2S/c1-3-5-12-9-20(6-4-7-23-2)10-14(12)19-16(22)13-8-17-11-18-15(13)21/h8,11-12,14H,3-7,9-10H2,1-2H3,(H,19,22)(H,17,18,21)/t12-,14-/m0/s1. The summed E-state index contributed by atoms with van der Waals surface area (Å²) in [5.41, 5.74) is -0.303. The number of aromatic amines is 1. The van der Waals surface area contributed by atoms with Crippen molar-refractivity contribution in [3.8, 4) is 0 Å². The maximum Gasteiger partial charge on any atom is 0.263 e. The minimum atomic E-state index is -0.389. The molecule has 2 N–H and O–H groups in total. The Hall–Kier alpha value is -1.34. The second-order valence-electron chi connectivity index (χ2n) is 6.03. The van der Waals surface area contributed by atoms with Crippen LogP contribution in [0.2, 0.25) is 0 Å². The van der Waals surface area contributed by atoms with Crippen LogP contribution >= 0.6 is 11.8 Å². The lowest BCUT2D eigenvalue weighted by molar-refractivity contribution is 0.0927. The van der Waals surface area contributed by atoms with Gasteiger partial charge >= 0.3 is 0 Å². The van der Waals surface area contributed by atoms with Gasteiger partial charge in [-0.2, -0.15) is 11.8 Å². The zero-order valence-electron chi connectivity index (χ0n) is 13.9. The predicted molar refractivity (Wildman–Crippen MR) is 93.9 cm³/mol. The average Bonchev–Trinajstić information content (AvgIpc) is 2.90. The topological polar surface area (TPSA) is 78.1 Å². The van der Waals surface area contributed by atoms with Gasteiger partial charge in [0.15, 0.2) is 0 Å². The molecule has 2 atom stereocenters. The first-order valence-electron chi connectivity index (χ1n) is 8.20. The first-order chi connectivity index (χ1) is 11.2. The molecule has 0 saturated carbocycles. The Kier molecular flexibility index (Phi) is 7.11. The fourth-order valence-corrected chi connectivity index (χ4v) is 3.57. The largest absolute Gasteiger partial charge is 0.347 e. The number of aromatic nitrogens is 2. The van der Waals surface area contributed by atoms with E-state index in [9.17, 15) is 9.59 Å². The number of thioether (sulfide) groups is 1. The number of H-pyrrole nitrogens is 1. The van der Waals surface area contributed by atoms with Gasteiger partial charge in [-0.05, 0) is 37.3 Å². The second kappa shape index (κ2) is 9.08. The predicted octanol–water partition coefficient (Wildman–Crippen LogP) is 1.35. The van der Waals surface area contributed by atoms with Crippen molar-refractivity contribution in [3.63, 3.8) is 0 Å². The van der Waals surface area contributed by atoms with E-state index in [1.807, 2.05) is 11.8 Å². The summed E-state index contributed by atoms with van der Waals surface area (Å²) in [7, 11) is 0. The lowest BCUT2D eigenvalue weighted by Gasteiger charge is -2.19. The molecule has 1 aliphatic rings. The zero-order chi connectivity index (χ0) is 16.7. The summed E-state index contributed by atoms with van der Waals surface area (Å²) >= 11 is 1.86. The first-order valence-corrected chi connectivity index (χ1v) is 9.60. The summed E-state index contributed by atoms with van der Waals surface area (Å²) in [5, 5.41) is 3.05. The molecular formula is C16H26N4O2S. The molecule has 0 radical (unpaired) electrons. The van der Waals surface area contributed by atoms with E-state index in [4.69, 9.17) is 0 Å². The van der Waals surface area contributed by atoms with Crippen molar-refractivity contribution in [1.29, 1.82) is 0 Å². The molecular weight excluding hydrogens is 312 g/mol. The number of nitrogens with one attached hydrogen (secondary N) is 2. The van der Waals surface area contributed by atoms with Crippen LogP contribution in [0.4, 0.5) is 0 Å². The van der Waals surface area contributed by atoms with E-state index in [2.05, 4.69) is 33.4 Å². The Morgan fingerprint density at radius 1 is 1.52 bits per heavy atom. The van der Waals surface area contributed by atoms with Crippen molar-refractivity contribution in [2.45, 2.75) is 32.2 Å². The zero-order valence-corrected chi connectivity index (χ0v) is 14.7. The van der Waals surface area contributed by atoms with Crippen molar-refractivity contribution in [2.75, 3.05) is 31.6 Å². The Morgan fingerprint density at radius 2 is 2.35 bits per heavy atom. The SMILES string of the molecule is CCC[C@H]1CN(CCCSC)C[C@@H]1NC(=O)c1cnc[nH]c1=O. The van der Waals surface area contributed by atoms with E-state index >= 15 is 0 Å². The highest BCUT2D eigenvalue weighted by Gasteiger charge is 2.33. The van der Waals surface area contributed by atoms with Crippen molar-refractivity contribution in [2.24, 2.45) is 5.92 Å². The van der Waals surface area contributed by atoms with Gasteiger partial charge in [0.05, 0.1) is 6.33 Å². The Morgan fingerprint density at radius 3 is 3.04 bits per heavy atom. The molecule has 0 unspecified atom stereocenters. The fraction of sp³-hybridized carbons (Fsp3) is 0.688. The molecule has 1 fully saturated rings. The molecule has 1 amide bonds. The maximum atomic E-state index is 12.3. The van der Waals surface area contributed by atoms with Crippen LogP contribution in [0.5, 0.6) is 0 Å². The highest BCUT2D eigenvalue weighted by Crippen LogP contribution is 2.22. The Bertz CT molecular complexity index is 563. The fourth-order valence-electron chi connectivity index (χ4n) is 3.15. The van der Waals surface area contributed by atoms with Gasteiger partial charge in [-0.1, -0.05) is 13.3 Å². The molecule has 2 heterocycles. The molecule has 7 heteroatoms. The maximum absolute atomic E-state index is 12.3. The van der Waals surface area contributed by atoms with Crippen molar-refractivity contribution < 1.29 is 4.79 Å². The van der Waals surface area contributed by atoms with Crippen LogP contribution in [-0.2, 0) is 0 Å². The van der Waals surface area contributed by atoms with E-state index in [-0.39, 0.29) is 23.1 Å². The summed E-state index contributed by atoms with van der Waals surface area (Å²) in [6, 6.07) is 0.108. The molecule has 1 saturated heterocycles. The van der Waals surface area contributed by atoms with Crippen LogP contribution in [0.25, 0.3) is 0 Å². The van der Waals surface area contributed by atoms with Gasteiger partial charge in [-0.15, -0.1) is 0 Å². The number of hydrogen-bond acceptors (Lipinski definition) is 5. The summed E-state index contributed by atoms with van der Waals surface area (Å²) < 4.78 is 0. The van der Waals surface area contributed by atoms with Gasteiger partial charge in [0, 0.05) is 25.3 Å². The van der Waals surface area contributed by atoms with Crippen molar-refractivity contribution in [1.82, 2.24) is 20.2 Å². The van der Waals surface area contributed by atoms with Crippen molar-refractivity contribution >= 4 is 17.7 Å². The number of nitrogens with zero attached hydrogens (tertiary/aromatic N) is 2. The Labute approximate surface area is 141 Å². The third kappa shape index (κ3) is 5.07. The first kappa shape index (κ1) is 18.0. The Balaban J connectivity index is 1.97. The van der Waals surface area contributed by atoms with E-state index < -0.39 is 0 Å². The molecule has 1 aromatic heterocycles. The van der Waals surface area contributed by atoms with Crippen LogP contribution in [0, 0.1) is 5.92 Å². The van der Waals surface area contributed by atoms with Crippen LogP contribution in [0.15, 0.2) is 17.3 Å². The number of hydrogen-bond donors (Lipinski definition) is 2. The van der Waals surface area contributed by atoms with E-state index in [0.29, 0.717) is 5.92 Å². The monoisotopic (exact) mass is 338 g/mol. The third-order valence-electron chi connectivity index (χ3n) is 4.28. The quantitative estimate of drug-likeness (QED) is 0.700. The minimum absolute atomic E-state index is 0.0866. The molecule has 1 aliphatic heterocycles. The number of carbonyl (C=O) groups excluding carboxylic acids is 1. The normalized spacial score (nSPS) is 21.5. The second-order valence-corrected chi connectivity index (χ2v) is 7.01. The highest BCUT2D eigenvalue weighted by atomic mass is 32.2. The third-order valence-corrected chi connectivity index (χ3v) is 4.98. The van der Waals surface area contributed by atoms with Crippen LogP contribution < -0.4 is 10.9 Å². The molecule has 1 aromatic rings. The number of likely N-dealkylation sites (tertiary alicyclic amines) is 1. The van der Waals surface area contributed by atoms with Gasteiger partial charge in [0.2, 0.25) is 0 Å². The van der Waals surface area contributed by atoms with E-state index in [0.717, 1.165) is 38.2 Å². The average molecular weight is 338 g/mol.